The summed E-state index contributed by atoms with van der Waals surface area (Å²) in [6.07, 6.45) is 1.56. The first-order valence-corrected chi connectivity index (χ1v) is 7.33. The Morgan fingerprint density at radius 1 is 1.35 bits per heavy atom. The van der Waals surface area contributed by atoms with Crippen LogP contribution in [0.25, 0.3) is 0 Å². The molecule has 3 N–H and O–H groups in total. The smallest absolute Gasteiger partial charge is 0.241 e. The molecule has 2 rings (SSSR count). The van der Waals surface area contributed by atoms with Crippen LogP contribution in [0.3, 0.4) is 0 Å². The summed E-state index contributed by atoms with van der Waals surface area (Å²) in [5.41, 5.74) is 6.48. The van der Waals surface area contributed by atoms with Gasteiger partial charge in [0.1, 0.15) is 5.82 Å². The van der Waals surface area contributed by atoms with Crippen molar-refractivity contribution in [2.75, 3.05) is 5.73 Å². The van der Waals surface area contributed by atoms with Gasteiger partial charge in [0.2, 0.25) is 10.0 Å². The minimum atomic E-state index is -3.83. The third-order valence-corrected chi connectivity index (χ3v) is 4.22. The van der Waals surface area contributed by atoms with Gasteiger partial charge in [0.15, 0.2) is 0 Å². The van der Waals surface area contributed by atoms with Crippen LogP contribution in [0.5, 0.6) is 0 Å². The standard InChI is InChI=1S/C13H14FN3O2S/c1-9-12(14)6-11(7-13(9)15)20(18,19)17-8-10-4-2-3-5-16-10/h2-7,17H,8,15H2,1H3. The quantitative estimate of drug-likeness (QED) is 0.839. The SMILES string of the molecule is Cc1c(N)cc(S(=O)(=O)NCc2ccccn2)cc1F. The molecule has 0 saturated carbocycles. The largest absolute Gasteiger partial charge is 0.398 e. The molecule has 7 heteroatoms. The zero-order chi connectivity index (χ0) is 14.8. The van der Waals surface area contributed by atoms with Crippen LogP contribution in [0.15, 0.2) is 41.4 Å². The molecule has 0 aliphatic carbocycles. The van der Waals surface area contributed by atoms with Gasteiger partial charge in [-0.15, -0.1) is 0 Å². The molecule has 0 unspecified atom stereocenters. The molecule has 0 bridgehead atoms. The van der Waals surface area contributed by atoms with Crippen LogP contribution < -0.4 is 10.5 Å². The van der Waals surface area contributed by atoms with Gasteiger partial charge in [0.25, 0.3) is 0 Å². The Kier molecular flexibility index (Phi) is 4.01. The van der Waals surface area contributed by atoms with Gasteiger partial charge in [0, 0.05) is 17.4 Å². The molecule has 1 aromatic carbocycles. The summed E-state index contributed by atoms with van der Waals surface area (Å²) in [5.74, 6) is -0.650. The topological polar surface area (TPSA) is 85.1 Å². The van der Waals surface area contributed by atoms with E-state index in [2.05, 4.69) is 9.71 Å². The van der Waals surface area contributed by atoms with Crippen LogP contribution in [-0.4, -0.2) is 13.4 Å². The van der Waals surface area contributed by atoms with Crippen molar-refractivity contribution in [1.82, 2.24) is 9.71 Å². The number of pyridine rings is 1. The van der Waals surface area contributed by atoms with Crippen LogP contribution >= 0.6 is 0 Å². The molecule has 2 aromatic rings. The number of aromatic nitrogens is 1. The Hall–Kier alpha value is -1.99. The third-order valence-electron chi connectivity index (χ3n) is 2.84. The van der Waals surface area contributed by atoms with E-state index in [9.17, 15) is 12.8 Å². The maximum absolute atomic E-state index is 13.5. The highest BCUT2D eigenvalue weighted by molar-refractivity contribution is 7.89. The summed E-state index contributed by atoms with van der Waals surface area (Å²) in [7, 11) is -3.83. The van der Waals surface area contributed by atoms with E-state index in [0.29, 0.717) is 5.69 Å². The highest BCUT2D eigenvalue weighted by Crippen LogP contribution is 2.20. The average molecular weight is 295 g/mol. The number of sulfonamides is 1. The normalized spacial score (nSPS) is 11.5. The number of hydrogen-bond acceptors (Lipinski definition) is 4. The number of nitrogen functional groups attached to an aromatic ring is 1. The summed E-state index contributed by atoms with van der Waals surface area (Å²) in [6.45, 7) is 1.51. The number of anilines is 1. The fourth-order valence-corrected chi connectivity index (χ4v) is 2.63. The molecule has 0 amide bonds. The average Bonchev–Trinajstić information content (AvgIpc) is 2.43. The van der Waals surface area contributed by atoms with Crippen molar-refractivity contribution < 1.29 is 12.8 Å². The molecule has 0 saturated heterocycles. The minimum Gasteiger partial charge on any atom is -0.398 e. The second-order valence-electron chi connectivity index (χ2n) is 4.26. The summed E-state index contributed by atoms with van der Waals surface area (Å²) < 4.78 is 40.0. The predicted octanol–water partition coefficient (Wildman–Crippen LogP) is 1.59. The number of benzene rings is 1. The van der Waals surface area contributed by atoms with Crippen molar-refractivity contribution in [3.05, 3.63) is 53.6 Å². The maximum Gasteiger partial charge on any atom is 0.241 e. The van der Waals surface area contributed by atoms with E-state index in [1.807, 2.05) is 0 Å². The highest BCUT2D eigenvalue weighted by atomic mass is 32.2. The summed E-state index contributed by atoms with van der Waals surface area (Å²) >= 11 is 0. The second kappa shape index (κ2) is 5.56. The van der Waals surface area contributed by atoms with E-state index in [0.717, 1.165) is 6.07 Å². The van der Waals surface area contributed by atoms with Gasteiger partial charge < -0.3 is 5.73 Å². The molecule has 0 spiro atoms. The van der Waals surface area contributed by atoms with Crippen molar-refractivity contribution in [3.63, 3.8) is 0 Å². The molecule has 1 heterocycles. The van der Waals surface area contributed by atoms with Gasteiger partial charge in [-0.1, -0.05) is 6.07 Å². The van der Waals surface area contributed by atoms with Crippen molar-refractivity contribution in [2.45, 2.75) is 18.4 Å². The van der Waals surface area contributed by atoms with Crippen LogP contribution in [0.4, 0.5) is 10.1 Å². The Morgan fingerprint density at radius 3 is 2.70 bits per heavy atom. The van der Waals surface area contributed by atoms with Crippen molar-refractivity contribution in [3.8, 4) is 0 Å². The minimum absolute atomic E-state index is 0.0264. The lowest BCUT2D eigenvalue weighted by Gasteiger charge is -2.09. The van der Waals surface area contributed by atoms with Gasteiger partial charge in [0.05, 0.1) is 17.1 Å². The number of hydrogen-bond donors (Lipinski definition) is 2. The van der Waals surface area contributed by atoms with Crippen molar-refractivity contribution in [2.24, 2.45) is 0 Å². The molecular weight excluding hydrogens is 281 g/mol. The lowest BCUT2D eigenvalue weighted by molar-refractivity contribution is 0.576. The van der Waals surface area contributed by atoms with Crippen LogP contribution in [-0.2, 0) is 16.6 Å². The summed E-state index contributed by atoms with van der Waals surface area (Å²) in [6, 6.07) is 7.35. The first-order valence-electron chi connectivity index (χ1n) is 5.85. The molecule has 0 fully saturated rings. The van der Waals surface area contributed by atoms with Crippen LogP contribution in [0.1, 0.15) is 11.3 Å². The lowest BCUT2D eigenvalue weighted by atomic mass is 10.2. The van der Waals surface area contributed by atoms with Crippen LogP contribution in [0, 0.1) is 12.7 Å². The molecule has 106 valence electrons. The Bertz CT molecular complexity index is 695. The molecule has 0 atom stereocenters. The fraction of sp³-hybridized carbons (Fsp3) is 0.154. The first-order chi connectivity index (χ1) is 9.40. The van der Waals surface area contributed by atoms with E-state index in [4.69, 9.17) is 5.73 Å². The van der Waals surface area contributed by atoms with Gasteiger partial charge in [-0.25, -0.2) is 17.5 Å². The Labute approximate surface area is 116 Å². The van der Waals surface area contributed by atoms with Crippen molar-refractivity contribution in [1.29, 1.82) is 0 Å². The Morgan fingerprint density at radius 2 is 2.10 bits per heavy atom. The fourth-order valence-electron chi connectivity index (χ4n) is 1.58. The number of nitrogens with zero attached hydrogens (tertiary/aromatic N) is 1. The van der Waals surface area contributed by atoms with E-state index in [1.165, 1.54) is 13.0 Å². The molecule has 5 nitrogen and oxygen atoms in total. The van der Waals surface area contributed by atoms with Gasteiger partial charge in [-0.2, -0.15) is 0 Å². The summed E-state index contributed by atoms with van der Waals surface area (Å²) in [4.78, 5) is 3.80. The molecule has 0 aliphatic rings. The van der Waals surface area contributed by atoms with Gasteiger partial charge in [-0.05, 0) is 31.2 Å². The lowest BCUT2D eigenvalue weighted by Crippen LogP contribution is -2.24. The van der Waals surface area contributed by atoms with Crippen molar-refractivity contribution >= 4 is 15.7 Å². The number of rotatable bonds is 4. The predicted molar refractivity (Wildman–Crippen MR) is 73.8 cm³/mol. The number of halogens is 1. The molecule has 0 aliphatic heterocycles. The molecule has 20 heavy (non-hydrogen) atoms. The van der Waals surface area contributed by atoms with Gasteiger partial charge in [-0.3, -0.25) is 4.98 Å². The zero-order valence-electron chi connectivity index (χ0n) is 10.8. The maximum atomic E-state index is 13.5. The number of nitrogens with two attached hydrogens (primary N) is 1. The zero-order valence-corrected chi connectivity index (χ0v) is 11.6. The van der Waals surface area contributed by atoms with Gasteiger partial charge >= 0.3 is 0 Å². The number of nitrogens with one attached hydrogen (secondary N) is 1. The monoisotopic (exact) mass is 295 g/mol. The van der Waals surface area contributed by atoms with E-state index >= 15 is 0 Å². The summed E-state index contributed by atoms with van der Waals surface area (Å²) in [5, 5.41) is 0. The molecule has 0 radical (unpaired) electrons. The third kappa shape index (κ3) is 3.12. The van der Waals surface area contributed by atoms with E-state index < -0.39 is 15.8 Å². The van der Waals surface area contributed by atoms with E-state index in [1.54, 1.807) is 24.4 Å². The van der Waals surface area contributed by atoms with E-state index in [-0.39, 0.29) is 22.7 Å². The second-order valence-corrected chi connectivity index (χ2v) is 6.03. The first kappa shape index (κ1) is 14.4. The van der Waals surface area contributed by atoms with Crippen LogP contribution in [0.2, 0.25) is 0 Å². The Balaban J connectivity index is 2.23. The highest BCUT2D eigenvalue weighted by Gasteiger charge is 2.17. The molecule has 1 aromatic heterocycles. The molecular formula is C13H14FN3O2S.